The Hall–Kier alpha value is -1.34. The maximum atomic E-state index is 5.62. The van der Waals surface area contributed by atoms with E-state index in [1.54, 1.807) is 0 Å². The SMILES string of the molecule is Nc1ccc2c(N=P)[nH]cc2c1. The Kier molecular flexibility index (Phi) is 1.59. The molecule has 0 spiro atoms. The van der Waals surface area contributed by atoms with Gasteiger partial charge in [-0.2, -0.15) is 0 Å². The van der Waals surface area contributed by atoms with Crippen LogP contribution in [0.4, 0.5) is 11.5 Å². The fourth-order valence-electron chi connectivity index (χ4n) is 1.23. The van der Waals surface area contributed by atoms with Gasteiger partial charge >= 0.3 is 0 Å². The highest BCUT2D eigenvalue weighted by molar-refractivity contribution is 7.04. The monoisotopic (exact) mass is 177 g/mol. The highest BCUT2D eigenvalue weighted by atomic mass is 31.0. The van der Waals surface area contributed by atoms with E-state index in [0.717, 1.165) is 22.3 Å². The molecule has 1 aromatic heterocycles. The largest absolute Gasteiger partial charge is 0.399 e. The molecule has 2 aromatic rings. The van der Waals surface area contributed by atoms with Gasteiger partial charge in [0.25, 0.3) is 0 Å². The summed E-state index contributed by atoms with van der Waals surface area (Å²) in [6, 6.07) is 5.71. The predicted octanol–water partition coefficient (Wildman–Crippen LogP) is 2.71. The smallest absolute Gasteiger partial charge is 0.141 e. The second kappa shape index (κ2) is 2.61. The Labute approximate surface area is 71.9 Å². The lowest BCUT2D eigenvalue weighted by Crippen LogP contribution is -1.81. The zero-order chi connectivity index (χ0) is 8.55. The van der Waals surface area contributed by atoms with Gasteiger partial charge in [0, 0.05) is 22.7 Å². The molecular weight excluding hydrogens is 169 g/mol. The Bertz CT molecular complexity index is 433. The molecule has 12 heavy (non-hydrogen) atoms. The van der Waals surface area contributed by atoms with Crippen LogP contribution >= 0.6 is 9.03 Å². The summed E-state index contributed by atoms with van der Waals surface area (Å²) in [6.45, 7) is 0. The Morgan fingerprint density at radius 1 is 1.42 bits per heavy atom. The van der Waals surface area contributed by atoms with Crippen LogP contribution in [0.15, 0.2) is 29.1 Å². The molecule has 1 aromatic carbocycles. The van der Waals surface area contributed by atoms with E-state index in [-0.39, 0.29) is 0 Å². The van der Waals surface area contributed by atoms with Crippen LogP contribution in [0.2, 0.25) is 0 Å². The van der Waals surface area contributed by atoms with Crippen LogP contribution in [-0.2, 0) is 0 Å². The van der Waals surface area contributed by atoms with E-state index in [2.05, 4.69) is 18.8 Å². The number of nitrogens with zero attached hydrogens (tertiary/aromatic N) is 1. The molecule has 0 radical (unpaired) electrons. The van der Waals surface area contributed by atoms with Crippen molar-refractivity contribution in [2.45, 2.75) is 0 Å². The van der Waals surface area contributed by atoms with E-state index in [9.17, 15) is 0 Å². The summed E-state index contributed by atoms with van der Waals surface area (Å²) in [4.78, 5) is 3.02. The van der Waals surface area contributed by atoms with Crippen LogP contribution in [0, 0.1) is 0 Å². The third kappa shape index (κ3) is 0.990. The lowest BCUT2D eigenvalue weighted by atomic mass is 10.2. The van der Waals surface area contributed by atoms with E-state index in [0.29, 0.717) is 0 Å². The summed E-state index contributed by atoms with van der Waals surface area (Å²) in [6.07, 6.45) is 1.88. The number of aromatic amines is 1. The third-order valence-electron chi connectivity index (χ3n) is 1.81. The first-order valence-electron chi connectivity index (χ1n) is 3.55. The molecule has 0 aliphatic rings. The number of aromatic nitrogens is 1. The van der Waals surface area contributed by atoms with Crippen LogP contribution in [0.5, 0.6) is 0 Å². The second-order valence-electron chi connectivity index (χ2n) is 2.60. The van der Waals surface area contributed by atoms with Gasteiger partial charge in [-0.05, 0) is 27.2 Å². The molecule has 3 nitrogen and oxygen atoms in total. The summed E-state index contributed by atoms with van der Waals surface area (Å²) in [5, 5.41) is 2.14. The maximum absolute atomic E-state index is 5.62. The van der Waals surface area contributed by atoms with Gasteiger partial charge in [0.15, 0.2) is 0 Å². The topological polar surface area (TPSA) is 54.2 Å². The van der Waals surface area contributed by atoms with Gasteiger partial charge in [-0.1, -0.05) is 0 Å². The third-order valence-corrected chi connectivity index (χ3v) is 2.03. The van der Waals surface area contributed by atoms with Crippen LogP contribution in [0.25, 0.3) is 10.8 Å². The van der Waals surface area contributed by atoms with Crippen molar-refractivity contribution in [3.05, 3.63) is 24.4 Å². The lowest BCUT2D eigenvalue weighted by Gasteiger charge is -1.92. The minimum Gasteiger partial charge on any atom is -0.399 e. The Morgan fingerprint density at radius 3 is 3.00 bits per heavy atom. The number of nitrogen functional groups attached to an aromatic ring is 1. The minimum absolute atomic E-state index is 0.766. The number of hydrogen-bond donors (Lipinski definition) is 2. The average molecular weight is 177 g/mol. The first-order valence-corrected chi connectivity index (χ1v) is 4.00. The number of fused-ring (bicyclic) bond motifs is 1. The minimum atomic E-state index is 0.766. The second-order valence-corrected chi connectivity index (χ2v) is 2.82. The molecule has 0 saturated heterocycles. The number of nitrogens with two attached hydrogens (primary N) is 1. The van der Waals surface area contributed by atoms with Crippen molar-refractivity contribution in [1.82, 2.24) is 4.98 Å². The molecule has 2 rings (SSSR count). The summed E-state index contributed by atoms with van der Waals surface area (Å²) < 4.78 is 3.90. The number of hydrogen-bond acceptors (Lipinski definition) is 2. The van der Waals surface area contributed by atoms with E-state index in [1.807, 2.05) is 24.4 Å². The molecule has 0 unspecified atom stereocenters. The van der Waals surface area contributed by atoms with Gasteiger partial charge in [-0.3, -0.25) is 0 Å². The standard InChI is InChI=1S/C8H8N3P/c9-6-1-2-7-5(3-6)4-10-8(7)11-12/h1-4,10,12H,9H2. The molecule has 0 amide bonds. The van der Waals surface area contributed by atoms with Crippen molar-refractivity contribution in [3.8, 4) is 0 Å². The van der Waals surface area contributed by atoms with E-state index in [1.165, 1.54) is 0 Å². The molecule has 60 valence electrons. The zero-order valence-corrected chi connectivity index (χ0v) is 7.33. The highest BCUT2D eigenvalue weighted by Gasteiger charge is 2.00. The lowest BCUT2D eigenvalue weighted by molar-refractivity contribution is 1.37. The van der Waals surface area contributed by atoms with E-state index >= 15 is 0 Å². The van der Waals surface area contributed by atoms with Gasteiger partial charge in [-0.15, -0.1) is 0 Å². The van der Waals surface area contributed by atoms with Crippen molar-refractivity contribution in [1.29, 1.82) is 0 Å². The van der Waals surface area contributed by atoms with Gasteiger partial charge < -0.3 is 10.7 Å². The molecule has 0 atom stereocenters. The van der Waals surface area contributed by atoms with E-state index < -0.39 is 0 Å². The summed E-state index contributed by atoms with van der Waals surface area (Å²) in [7, 11) is 3.09. The van der Waals surface area contributed by atoms with Crippen LogP contribution in [-0.4, -0.2) is 4.98 Å². The molecule has 0 aliphatic heterocycles. The molecular formula is C8H8N3P. The number of H-pyrrole nitrogens is 1. The highest BCUT2D eigenvalue weighted by Crippen LogP contribution is 2.26. The number of anilines is 1. The fourth-order valence-corrected chi connectivity index (χ4v) is 1.42. The molecule has 4 heteroatoms. The van der Waals surface area contributed by atoms with Crippen LogP contribution in [0.1, 0.15) is 0 Å². The van der Waals surface area contributed by atoms with Crippen LogP contribution in [0.3, 0.4) is 0 Å². The summed E-state index contributed by atoms with van der Waals surface area (Å²) in [5.74, 6) is 0.821. The number of benzene rings is 1. The normalized spacial score (nSPS) is 10.3. The van der Waals surface area contributed by atoms with E-state index in [4.69, 9.17) is 5.73 Å². The summed E-state index contributed by atoms with van der Waals surface area (Å²) in [5.41, 5.74) is 6.38. The average Bonchev–Trinajstić information content (AvgIpc) is 2.46. The van der Waals surface area contributed by atoms with Crippen molar-refractivity contribution >= 4 is 31.3 Å². The Balaban J connectivity index is 2.81. The van der Waals surface area contributed by atoms with Crippen LogP contribution < -0.4 is 5.73 Å². The Morgan fingerprint density at radius 2 is 2.25 bits per heavy atom. The van der Waals surface area contributed by atoms with Crippen molar-refractivity contribution in [2.75, 3.05) is 5.73 Å². The zero-order valence-electron chi connectivity index (χ0n) is 6.33. The van der Waals surface area contributed by atoms with Crippen molar-refractivity contribution in [2.24, 2.45) is 4.74 Å². The molecule has 3 N–H and O–H groups in total. The molecule has 0 saturated carbocycles. The predicted molar refractivity (Wildman–Crippen MR) is 53.1 cm³/mol. The number of nitrogens with one attached hydrogen (secondary N) is 1. The first-order chi connectivity index (χ1) is 5.81. The van der Waals surface area contributed by atoms with Gasteiger partial charge in [0.05, 0.1) is 0 Å². The van der Waals surface area contributed by atoms with Gasteiger partial charge in [0.2, 0.25) is 0 Å². The fraction of sp³-hybridized carbons (Fsp3) is 0. The molecule has 0 aliphatic carbocycles. The maximum Gasteiger partial charge on any atom is 0.141 e. The number of rotatable bonds is 1. The quantitative estimate of drug-likeness (QED) is 0.510. The van der Waals surface area contributed by atoms with Crippen molar-refractivity contribution < 1.29 is 0 Å². The first kappa shape index (κ1) is 7.32. The van der Waals surface area contributed by atoms with Gasteiger partial charge in [0.1, 0.15) is 5.82 Å². The van der Waals surface area contributed by atoms with Crippen molar-refractivity contribution in [3.63, 3.8) is 0 Å². The molecule has 0 fully saturated rings. The summed E-state index contributed by atoms with van der Waals surface area (Å²) >= 11 is 0. The molecule has 0 bridgehead atoms. The molecule has 1 heterocycles. The van der Waals surface area contributed by atoms with Gasteiger partial charge in [-0.25, -0.2) is 4.74 Å².